The van der Waals surface area contributed by atoms with E-state index in [-0.39, 0.29) is 10.7 Å². The molecule has 0 amide bonds. The smallest absolute Gasteiger partial charge is 0.267 e. The van der Waals surface area contributed by atoms with Crippen molar-refractivity contribution in [1.29, 1.82) is 0 Å². The van der Waals surface area contributed by atoms with E-state index in [1.807, 2.05) is 26.0 Å². The number of carbonyl (C=O) groups is 1. The minimum absolute atomic E-state index is 0.165. The van der Waals surface area contributed by atoms with Crippen LogP contribution < -0.4 is 0 Å². The highest BCUT2D eigenvalue weighted by molar-refractivity contribution is 7.90. The van der Waals surface area contributed by atoms with Crippen LogP contribution in [0.15, 0.2) is 59.8 Å². The molecule has 2 rings (SSSR count). The molecule has 25 heavy (non-hydrogen) atoms. The van der Waals surface area contributed by atoms with E-state index in [1.165, 1.54) is 3.97 Å². The molecule has 0 saturated carbocycles. The van der Waals surface area contributed by atoms with Gasteiger partial charge in [-0.1, -0.05) is 30.7 Å². The molecule has 1 aromatic carbocycles. The third kappa shape index (κ3) is 5.43. The molecule has 5 heteroatoms. The Labute approximate surface area is 150 Å². The monoisotopic (exact) mass is 359 g/mol. The second-order valence-electron chi connectivity index (χ2n) is 6.18. The molecule has 0 atom stereocenters. The predicted octanol–water partition coefficient (Wildman–Crippen LogP) is 4.28. The maximum Gasteiger partial charge on any atom is 0.267 e. The van der Waals surface area contributed by atoms with Gasteiger partial charge in [0.05, 0.1) is 4.90 Å². The summed E-state index contributed by atoms with van der Waals surface area (Å²) in [4.78, 5) is 11.7. The van der Waals surface area contributed by atoms with Crippen LogP contribution in [0, 0.1) is 6.92 Å². The van der Waals surface area contributed by atoms with Crippen LogP contribution in [0.4, 0.5) is 0 Å². The van der Waals surface area contributed by atoms with Crippen LogP contribution in [0.25, 0.3) is 0 Å². The Kier molecular flexibility index (Phi) is 6.76. The van der Waals surface area contributed by atoms with Crippen molar-refractivity contribution in [2.24, 2.45) is 0 Å². The number of unbranched alkanes of at least 4 members (excludes halogenated alkanes) is 1. The molecule has 0 bridgehead atoms. The summed E-state index contributed by atoms with van der Waals surface area (Å²) in [5.41, 5.74) is 2.00. The van der Waals surface area contributed by atoms with E-state index in [4.69, 9.17) is 0 Å². The Balaban J connectivity index is 1.93. The van der Waals surface area contributed by atoms with E-state index >= 15 is 0 Å². The van der Waals surface area contributed by atoms with Gasteiger partial charge >= 0.3 is 0 Å². The second-order valence-corrected chi connectivity index (χ2v) is 8.02. The first kappa shape index (κ1) is 19.2. The first-order valence-corrected chi connectivity index (χ1v) is 10.1. The van der Waals surface area contributed by atoms with Crippen LogP contribution in [-0.4, -0.2) is 18.2 Å². The summed E-state index contributed by atoms with van der Waals surface area (Å²) >= 11 is 0. The SMILES string of the molecule is CCCC(=O)/C=C/CCCc1ccn(S(=O)(=O)c2ccc(C)cc2)c1. The first-order chi connectivity index (χ1) is 11.9. The second kappa shape index (κ2) is 8.81. The molecule has 0 aliphatic carbocycles. The van der Waals surface area contributed by atoms with Gasteiger partial charge in [-0.15, -0.1) is 0 Å². The highest BCUT2D eigenvalue weighted by atomic mass is 32.2. The summed E-state index contributed by atoms with van der Waals surface area (Å²) in [7, 11) is -3.53. The van der Waals surface area contributed by atoms with E-state index in [0.29, 0.717) is 6.42 Å². The molecule has 0 radical (unpaired) electrons. The van der Waals surface area contributed by atoms with E-state index in [0.717, 1.165) is 36.8 Å². The van der Waals surface area contributed by atoms with Crippen LogP contribution in [0.5, 0.6) is 0 Å². The van der Waals surface area contributed by atoms with Gasteiger partial charge in [-0.05, 0) is 62.4 Å². The third-order valence-electron chi connectivity index (χ3n) is 3.96. The average molecular weight is 359 g/mol. The molecule has 0 aliphatic heterocycles. The summed E-state index contributed by atoms with van der Waals surface area (Å²) in [6, 6.07) is 8.68. The Morgan fingerprint density at radius 1 is 1.16 bits per heavy atom. The van der Waals surface area contributed by atoms with E-state index in [2.05, 4.69) is 0 Å². The van der Waals surface area contributed by atoms with Gasteiger partial charge in [0.2, 0.25) is 0 Å². The zero-order valence-electron chi connectivity index (χ0n) is 14.8. The van der Waals surface area contributed by atoms with Crippen molar-refractivity contribution >= 4 is 15.8 Å². The van der Waals surface area contributed by atoms with Crippen molar-refractivity contribution in [1.82, 2.24) is 3.97 Å². The number of nitrogens with zero attached hydrogens (tertiary/aromatic N) is 1. The zero-order valence-corrected chi connectivity index (χ0v) is 15.6. The number of carbonyl (C=O) groups excluding carboxylic acids is 1. The van der Waals surface area contributed by atoms with Gasteiger partial charge in [0, 0.05) is 18.8 Å². The number of hydrogen-bond donors (Lipinski definition) is 0. The highest BCUT2D eigenvalue weighted by Crippen LogP contribution is 2.17. The number of ketones is 1. The van der Waals surface area contributed by atoms with Gasteiger partial charge in [-0.2, -0.15) is 0 Å². The summed E-state index contributed by atoms with van der Waals surface area (Å²) in [5, 5.41) is 0. The minimum atomic E-state index is -3.53. The molecule has 1 aromatic heterocycles. The minimum Gasteiger partial charge on any atom is -0.295 e. The van der Waals surface area contributed by atoms with Gasteiger partial charge in [0.1, 0.15) is 0 Å². The van der Waals surface area contributed by atoms with Crippen LogP contribution in [0.1, 0.15) is 43.7 Å². The molecule has 134 valence electrons. The van der Waals surface area contributed by atoms with Gasteiger partial charge in [-0.25, -0.2) is 12.4 Å². The Bertz CT molecular complexity index is 830. The van der Waals surface area contributed by atoms with Crippen molar-refractivity contribution in [2.75, 3.05) is 0 Å². The summed E-state index contributed by atoms with van der Waals surface area (Å²) in [6.07, 6.45) is 10.7. The Hall–Kier alpha value is -2.14. The van der Waals surface area contributed by atoms with E-state index in [9.17, 15) is 13.2 Å². The first-order valence-electron chi connectivity index (χ1n) is 8.62. The number of benzene rings is 1. The van der Waals surface area contributed by atoms with Crippen LogP contribution in [0.3, 0.4) is 0 Å². The molecule has 0 unspecified atom stereocenters. The van der Waals surface area contributed by atoms with Crippen molar-refractivity contribution in [2.45, 2.75) is 50.8 Å². The van der Waals surface area contributed by atoms with Gasteiger partial charge in [-0.3, -0.25) is 4.79 Å². The van der Waals surface area contributed by atoms with E-state index in [1.54, 1.807) is 42.7 Å². The Morgan fingerprint density at radius 3 is 2.56 bits per heavy atom. The van der Waals surface area contributed by atoms with Crippen LogP contribution in [0.2, 0.25) is 0 Å². The normalized spacial score (nSPS) is 11.9. The lowest BCUT2D eigenvalue weighted by Gasteiger charge is -2.05. The highest BCUT2D eigenvalue weighted by Gasteiger charge is 2.16. The van der Waals surface area contributed by atoms with Crippen molar-refractivity contribution in [3.63, 3.8) is 0 Å². The standard InChI is InChI=1S/C20H25NO3S/c1-3-7-19(22)9-6-4-5-8-18-14-15-21(16-18)25(23,24)20-12-10-17(2)11-13-20/h6,9-16H,3-5,7-8H2,1-2H3/b9-6+. The lowest BCUT2D eigenvalue weighted by molar-refractivity contribution is -0.114. The molecule has 0 spiro atoms. The van der Waals surface area contributed by atoms with Crippen molar-refractivity contribution < 1.29 is 13.2 Å². The molecule has 0 fully saturated rings. The topological polar surface area (TPSA) is 56.1 Å². The quantitative estimate of drug-likeness (QED) is 0.496. The molecule has 4 nitrogen and oxygen atoms in total. The fraction of sp³-hybridized carbons (Fsp3) is 0.350. The maximum atomic E-state index is 12.6. The molecule has 0 saturated heterocycles. The number of aryl methyl sites for hydroxylation is 2. The average Bonchev–Trinajstić information content (AvgIpc) is 3.05. The van der Waals surface area contributed by atoms with Crippen LogP contribution in [-0.2, 0) is 21.2 Å². The molecule has 2 aromatic rings. The summed E-state index contributed by atoms with van der Waals surface area (Å²) in [5.74, 6) is 0.165. The number of hydrogen-bond acceptors (Lipinski definition) is 3. The predicted molar refractivity (Wildman–Crippen MR) is 100 cm³/mol. The molecule has 0 aliphatic rings. The number of aromatic nitrogens is 1. The zero-order chi connectivity index (χ0) is 18.3. The number of rotatable bonds is 9. The number of allylic oxidation sites excluding steroid dienone is 2. The van der Waals surface area contributed by atoms with Gasteiger partial charge in [0.15, 0.2) is 5.78 Å². The van der Waals surface area contributed by atoms with Crippen molar-refractivity contribution in [3.8, 4) is 0 Å². The van der Waals surface area contributed by atoms with Gasteiger partial charge < -0.3 is 0 Å². The molecule has 0 N–H and O–H groups in total. The van der Waals surface area contributed by atoms with E-state index < -0.39 is 10.0 Å². The third-order valence-corrected chi connectivity index (χ3v) is 5.61. The molecule has 1 heterocycles. The lowest BCUT2D eigenvalue weighted by Crippen LogP contribution is -2.10. The summed E-state index contributed by atoms with van der Waals surface area (Å²) in [6.45, 7) is 3.91. The lowest BCUT2D eigenvalue weighted by atomic mass is 10.1. The largest absolute Gasteiger partial charge is 0.295 e. The van der Waals surface area contributed by atoms with Gasteiger partial charge in [0.25, 0.3) is 10.0 Å². The molecular formula is C20H25NO3S. The Morgan fingerprint density at radius 2 is 1.88 bits per heavy atom. The maximum absolute atomic E-state index is 12.6. The fourth-order valence-corrected chi connectivity index (χ4v) is 3.74. The van der Waals surface area contributed by atoms with Crippen LogP contribution >= 0.6 is 0 Å². The molecular weight excluding hydrogens is 334 g/mol. The van der Waals surface area contributed by atoms with Crippen molar-refractivity contribution in [3.05, 3.63) is 66.0 Å². The fourth-order valence-electron chi connectivity index (χ4n) is 2.52. The summed E-state index contributed by atoms with van der Waals surface area (Å²) < 4.78 is 26.4.